The van der Waals surface area contributed by atoms with Gasteiger partial charge in [0.2, 0.25) is 0 Å². The maximum Gasteiger partial charge on any atom is 0.300 e. The van der Waals surface area contributed by atoms with Crippen molar-refractivity contribution < 1.29 is 14.7 Å². The van der Waals surface area contributed by atoms with Gasteiger partial charge >= 0.3 is 5.91 Å². The Hall–Kier alpha value is -3.10. The van der Waals surface area contributed by atoms with Crippen molar-refractivity contribution in [3.8, 4) is 11.8 Å². The number of hydrogen-bond acceptors (Lipinski definition) is 3. The smallest absolute Gasteiger partial charge is 0.300 e. The predicted octanol–water partition coefficient (Wildman–Crippen LogP) is 1.79. The molecule has 0 aliphatic heterocycles. The number of hydrogen-bond donors (Lipinski definition) is 3. The lowest BCUT2D eigenvalue weighted by atomic mass is 10.2. The van der Waals surface area contributed by atoms with Crippen LogP contribution < -0.4 is 10.6 Å². The van der Waals surface area contributed by atoms with Gasteiger partial charge in [-0.15, -0.1) is 0 Å². The van der Waals surface area contributed by atoms with Crippen molar-refractivity contribution in [1.29, 1.82) is 0 Å². The van der Waals surface area contributed by atoms with Crippen molar-refractivity contribution in [2.45, 2.75) is 6.42 Å². The predicted molar refractivity (Wildman–Crippen MR) is 92.4 cm³/mol. The second-order valence-electron chi connectivity index (χ2n) is 4.98. The van der Waals surface area contributed by atoms with Crippen LogP contribution in [-0.2, 0) is 4.79 Å². The maximum absolute atomic E-state index is 11.8. The van der Waals surface area contributed by atoms with Gasteiger partial charge in [0, 0.05) is 35.9 Å². The Balaban J connectivity index is 1.90. The molecule has 5 heteroatoms. The summed E-state index contributed by atoms with van der Waals surface area (Å²) < 4.78 is 0. The molecular weight excluding hydrogens is 304 g/mol. The summed E-state index contributed by atoms with van der Waals surface area (Å²) in [7, 11) is 0. The first-order valence-electron chi connectivity index (χ1n) is 7.56. The Morgan fingerprint density at radius 2 is 1.71 bits per heavy atom. The van der Waals surface area contributed by atoms with E-state index in [1.54, 1.807) is 24.3 Å². The lowest BCUT2D eigenvalue weighted by Gasteiger charge is -2.05. The van der Waals surface area contributed by atoms with Gasteiger partial charge < -0.3 is 15.7 Å². The average molecular weight is 322 g/mol. The fourth-order valence-electron chi connectivity index (χ4n) is 1.90. The van der Waals surface area contributed by atoms with Crippen LogP contribution in [0.4, 0.5) is 5.69 Å². The second kappa shape index (κ2) is 9.13. The van der Waals surface area contributed by atoms with Gasteiger partial charge in [0.15, 0.2) is 0 Å². The molecule has 0 aliphatic rings. The molecule has 0 saturated heterocycles. The molecule has 2 amide bonds. The number of aliphatic hydroxyl groups excluding tert-OH is 1. The summed E-state index contributed by atoms with van der Waals surface area (Å²) in [5, 5.41) is 14.0. The van der Waals surface area contributed by atoms with E-state index < -0.39 is 5.91 Å². The van der Waals surface area contributed by atoms with Gasteiger partial charge in [-0.25, -0.2) is 0 Å². The summed E-state index contributed by atoms with van der Waals surface area (Å²) in [5.41, 5.74) is 1.82. The number of benzene rings is 2. The van der Waals surface area contributed by atoms with Crippen molar-refractivity contribution in [2.24, 2.45) is 0 Å². The van der Waals surface area contributed by atoms with Gasteiger partial charge in [0.25, 0.3) is 5.91 Å². The number of amides is 2. The normalized spacial score (nSPS) is 9.54. The van der Waals surface area contributed by atoms with E-state index in [-0.39, 0.29) is 12.5 Å². The minimum Gasteiger partial charge on any atom is -0.396 e. The maximum atomic E-state index is 11.8. The molecule has 0 saturated carbocycles. The minimum absolute atomic E-state index is 0.0370. The monoisotopic (exact) mass is 322 g/mol. The third-order valence-electron chi connectivity index (χ3n) is 3.12. The number of carbonyl (C=O) groups excluding carboxylic acids is 2. The molecule has 0 aliphatic carbocycles. The van der Waals surface area contributed by atoms with E-state index in [9.17, 15) is 9.59 Å². The van der Waals surface area contributed by atoms with Gasteiger partial charge in [-0.2, -0.15) is 0 Å². The molecule has 0 unspecified atom stereocenters. The number of rotatable bonds is 5. The molecule has 0 spiro atoms. The molecule has 0 fully saturated rings. The van der Waals surface area contributed by atoms with Gasteiger partial charge in [-0.05, 0) is 42.8 Å². The Kier molecular flexibility index (Phi) is 6.57. The molecular formula is C19H18N2O3. The Bertz CT molecular complexity index is 744. The van der Waals surface area contributed by atoms with Crippen molar-refractivity contribution in [1.82, 2.24) is 5.32 Å². The van der Waals surface area contributed by atoms with Crippen molar-refractivity contribution in [3.63, 3.8) is 0 Å². The Morgan fingerprint density at radius 3 is 2.38 bits per heavy atom. The van der Waals surface area contributed by atoms with Crippen LogP contribution in [-0.4, -0.2) is 30.1 Å². The first kappa shape index (κ1) is 17.3. The summed E-state index contributed by atoms with van der Waals surface area (Å²) in [6.07, 6.45) is 0.514. The zero-order valence-electron chi connectivity index (χ0n) is 13.1. The zero-order valence-corrected chi connectivity index (χ0v) is 13.1. The number of aliphatic hydroxyl groups is 1. The molecule has 122 valence electrons. The van der Waals surface area contributed by atoms with E-state index in [0.29, 0.717) is 24.2 Å². The number of carbonyl (C=O) groups is 2. The third kappa shape index (κ3) is 5.59. The molecule has 5 nitrogen and oxygen atoms in total. The number of nitrogens with one attached hydrogen (secondary N) is 2. The molecule has 2 aromatic rings. The fourth-order valence-corrected chi connectivity index (χ4v) is 1.90. The average Bonchev–Trinajstić information content (AvgIpc) is 2.61. The molecule has 0 radical (unpaired) electrons. The summed E-state index contributed by atoms with van der Waals surface area (Å²) >= 11 is 0. The van der Waals surface area contributed by atoms with E-state index in [4.69, 9.17) is 5.11 Å². The van der Waals surface area contributed by atoms with Gasteiger partial charge in [0.1, 0.15) is 0 Å². The third-order valence-corrected chi connectivity index (χ3v) is 3.12. The van der Waals surface area contributed by atoms with Crippen LogP contribution in [0.3, 0.4) is 0 Å². The Morgan fingerprint density at radius 1 is 1.00 bits per heavy atom. The lowest BCUT2D eigenvalue weighted by Crippen LogP contribution is -2.24. The van der Waals surface area contributed by atoms with E-state index in [1.165, 1.54) is 0 Å². The van der Waals surface area contributed by atoms with E-state index in [1.807, 2.05) is 30.3 Å². The molecule has 2 rings (SSSR count). The van der Waals surface area contributed by atoms with Crippen LogP contribution in [0.5, 0.6) is 0 Å². The molecule has 0 atom stereocenters. The van der Waals surface area contributed by atoms with E-state index >= 15 is 0 Å². The molecule has 0 heterocycles. The van der Waals surface area contributed by atoms with Crippen LogP contribution >= 0.6 is 0 Å². The van der Waals surface area contributed by atoms with Gasteiger partial charge in [-0.1, -0.05) is 24.1 Å². The summed E-state index contributed by atoms with van der Waals surface area (Å²) in [6.45, 7) is 0.457. The van der Waals surface area contributed by atoms with E-state index in [2.05, 4.69) is 22.5 Å². The van der Waals surface area contributed by atoms with Crippen LogP contribution in [0.15, 0.2) is 54.6 Å². The van der Waals surface area contributed by atoms with Gasteiger partial charge in [-0.3, -0.25) is 9.59 Å². The molecule has 0 bridgehead atoms. The highest BCUT2D eigenvalue weighted by atomic mass is 16.3. The van der Waals surface area contributed by atoms with Crippen LogP contribution in [0.2, 0.25) is 0 Å². The number of anilines is 1. The lowest BCUT2D eigenvalue weighted by molar-refractivity contribution is -0.111. The fraction of sp³-hybridized carbons (Fsp3) is 0.158. The van der Waals surface area contributed by atoms with E-state index in [0.717, 1.165) is 5.56 Å². The summed E-state index contributed by atoms with van der Waals surface area (Å²) in [5.74, 6) is 4.66. The SMILES string of the molecule is O=C(C#Cc1ccccc1)Nc1ccc(C(=O)NCCCO)cc1. The van der Waals surface area contributed by atoms with Crippen LogP contribution in [0.25, 0.3) is 0 Å². The van der Waals surface area contributed by atoms with Crippen LogP contribution in [0, 0.1) is 11.8 Å². The largest absolute Gasteiger partial charge is 0.396 e. The summed E-state index contributed by atoms with van der Waals surface area (Å²) in [4.78, 5) is 23.6. The highest BCUT2D eigenvalue weighted by Crippen LogP contribution is 2.09. The second-order valence-corrected chi connectivity index (χ2v) is 4.98. The minimum atomic E-state index is -0.418. The van der Waals surface area contributed by atoms with Gasteiger partial charge in [0.05, 0.1) is 0 Å². The summed E-state index contributed by atoms with van der Waals surface area (Å²) in [6, 6.07) is 15.8. The Labute approximate surface area is 140 Å². The van der Waals surface area contributed by atoms with Crippen molar-refractivity contribution in [2.75, 3.05) is 18.5 Å². The molecule has 0 aromatic heterocycles. The van der Waals surface area contributed by atoms with Crippen molar-refractivity contribution in [3.05, 3.63) is 65.7 Å². The first-order valence-corrected chi connectivity index (χ1v) is 7.56. The topological polar surface area (TPSA) is 78.4 Å². The molecule has 2 aromatic carbocycles. The standard InChI is InChI=1S/C19H18N2O3/c22-14-4-13-20-19(24)16-8-10-17(11-9-16)21-18(23)12-7-15-5-2-1-3-6-15/h1-3,5-6,8-11,22H,4,13-14H2,(H,20,24)(H,21,23). The highest BCUT2D eigenvalue weighted by Gasteiger charge is 2.05. The molecule has 3 N–H and O–H groups in total. The molecule has 24 heavy (non-hydrogen) atoms. The van der Waals surface area contributed by atoms with Crippen LogP contribution in [0.1, 0.15) is 22.3 Å². The highest BCUT2D eigenvalue weighted by molar-refractivity contribution is 6.04. The van der Waals surface area contributed by atoms with Crippen molar-refractivity contribution >= 4 is 17.5 Å². The quantitative estimate of drug-likeness (QED) is 0.580. The first-order chi connectivity index (χ1) is 11.7. The zero-order chi connectivity index (χ0) is 17.2.